The van der Waals surface area contributed by atoms with Gasteiger partial charge in [0, 0.05) is 29.5 Å². The fraction of sp³-hybridized carbons (Fsp3) is 0.267. The number of halogens is 1. The van der Waals surface area contributed by atoms with Gasteiger partial charge in [0.2, 0.25) is 0 Å². The maximum atomic E-state index is 11.5. The van der Waals surface area contributed by atoms with E-state index in [9.17, 15) is 4.79 Å². The average Bonchev–Trinajstić information content (AvgIpc) is 2.98. The number of rotatable bonds is 3. The van der Waals surface area contributed by atoms with Crippen molar-refractivity contribution in [3.63, 3.8) is 0 Å². The van der Waals surface area contributed by atoms with Crippen LogP contribution in [0.1, 0.15) is 25.7 Å². The zero-order valence-electron chi connectivity index (χ0n) is 11.1. The highest BCUT2D eigenvalue weighted by Crippen LogP contribution is 2.32. The van der Waals surface area contributed by atoms with Crippen LogP contribution in [0.25, 0.3) is 0 Å². The van der Waals surface area contributed by atoms with Crippen molar-refractivity contribution in [3.05, 3.63) is 56.2 Å². The predicted molar refractivity (Wildman–Crippen MR) is 80.1 cm³/mol. The quantitative estimate of drug-likeness (QED) is 0.810. The van der Waals surface area contributed by atoms with Crippen molar-refractivity contribution in [2.24, 2.45) is 0 Å². The molecule has 0 saturated carbocycles. The van der Waals surface area contributed by atoms with Crippen LogP contribution in [0.3, 0.4) is 0 Å². The maximum absolute atomic E-state index is 11.5. The van der Waals surface area contributed by atoms with Crippen LogP contribution in [-0.4, -0.2) is 18.0 Å². The zero-order valence-corrected chi connectivity index (χ0v) is 12.6. The van der Waals surface area contributed by atoms with Gasteiger partial charge in [-0.2, -0.15) is 0 Å². The number of fused-ring (bicyclic) bond motifs is 1. The van der Waals surface area contributed by atoms with Gasteiger partial charge >= 0.3 is 5.97 Å². The topological polar surface area (TPSA) is 29.5 Å². The second-order valence-corrected chi connectivity index (χ2v) is 6.40. The molecule has 0 amide bonds. The molecule has 2 heterocycles. The summed E-state index contributed by atoms with van der Waals surface area (Å²) in [6.45, 7) is 2.66. The van der Waals surface area contributed by atoms with E-state index >= 15 is 0 Å². The van der Waals surface area contributed by atoms with E-state index in [1.54, 1.807) is 0 Å². The van der Waals surface area contributed by atoms with Crippen molar-refractivity contribution in [2.45, 2.75) is 19.6 Å². The Morgan fingerprint density at radius 3 is 2.75 bits per heavy atom. The number of ether oxygens (including phenoxy) is 1. The molecule has 1 aromatic carbocycles. The molecule has 5 heteroatoms. The third-order valence-corrected chi connectivity index (χ3v) is 4.76. The molecule has 0 fully saturated rings. The van der Waals surface area contributed by atoms with Crippen LogP contribution in [0.5, 0.6) is 0 Å². The number of carbonyl (C=O) groups excluding carboxylic acids is 1. The van der Waals surface area contributed by atoms with E-state index in [2.05, 4.69) is 17.0 Å². The van der Waals surface area contributed by atoms with Crippen LogP contribution in [0.4, 0.5) is 0 Å². The monoisotopic (exact) mass is 307 g/mol. The second-order valence-electron chi connectivity index (χ2n) is 4.82. The summed E-state index contributed by atoms with van der Waals surface area (Å²) in [6.07, 6.45) is 0. The lowest BCUT2D eigenvalue weighted by atomic mass is 10.2. The Kier molecular flexibility index (Phi) is 3.78. The fourth-order valence-corrected chi connectivity index (χ4v) is 3.66. The number of benzene rings is 1. The minimum Gasteiger partial charge on any atom is -0.465 e. The first-order valence-corrected chi connectivity index (χ1v) is 7.52. The molecule has 0 bridgehead atoms. The molecule has 0 N–H and O–H groups in total. The molecule has 1 aliphatic heterocycles. The first kappa shape index (κ1) is 13.6. The number of carbonyl (C=O) groups is 1. The molecular weight excluding hydrogens is 294 g/mol. The standard InChI is InChI=1S/C15H14ClNO2S/c1-19-15(18)13-6-11-8-17(9-14(11)20-13)7-10-2-4-12(16)5-3-10/h2-6H,7-9H2,1H3. The summed E-state index contributed by atoms with van der Waals surface area (Å²) >= 11 is 7.42. The van der Waals surface area contributed by atoms with Gasteiger partial charge in [-0.3, -0.25) is 4.90 Å². The molecule has 0 radical (unpaired) electrons. The molecule has 1 aromatic heterocycles. The fourth-order valence-electron chi connectivity index (χ4n) is 2.40. The number of thiophene rings is 1. The zero-order chi connectivity index (χ0) is 14.1. The lowest BCUT2D eigenvalue weighted by Gasteiger charge is -2.15. The molecule has 0 spiro atoms. The Hall–Kier alpha value is -1.36. The van der Waals surface area contributed by atoms with E-state index in [-0.39, 0.29) is 5.97 Å². The lowest BCUT2D eigenvalue weighted by molar-refractivity contribution is 0.0606. The SMILES string of the molecule is COC(=O)c1cc2c(s1)CN(Cc1ccc(Cl)cc1)C2. The van der Waals surface area contributed by atoms with Gasteiger partial charge in [-0.1, -0.05) is 23.7 Å². The number of methoxy groups -OCH3 is 1. The van der Waals surface area contributed by atoms with E-state index in [4.69, 9.17) is 16.3 Å². The predicted octanol–water partition coefficient (Wildman–Crippen LogP) is 3.70. The maximum Gasteiger partial charge on any atom is 0.348 e. The van der Waals surface area contributed by atoms with E-state index in [1.165, 1.54) is 34.5 Å². The van der Waals surface area contributed by atoms with Gasteiger partial charge in [-0.15, -0.1) is 11.3 Å². The molecule has 0 aliphatic carbocycles. The summed E-state index contributed by atoms with van der Waals surface area (Å²) in [7, 11) is 1.42. The van der Waals surface area contributed by atoms with Crippen LogP contribution >= 0.6 is 22.9 Å². The van der Waals surface area contributed by atoms with Crippen LogP contribution in [0, 0.1) is 0 Å². The lowest BCUT2D eigenvalue weighted by Crippen LogP contribution is -2.15. The van der Waals surface area contributed by atoms with Crippen molar-refractivity contribution in [1.29, 1.82) is 0 Å². The largest absolute Gasteiger partial charge is 0.465 e. The highest BCUT2D eigenvalue weighted by atomic mass is 35.5. The molecule has 104 valence electrons. The molecule has 2 aromatic rings. The number of nitrogens with zero attached hydrogens (tertiary/aromatic N) is 1. The van der Waals surface area contributed by atoms with E-state index in [1.807, 2.05) is 18.2 Å². The van der Waals surface area contributed by atoms with E-state index < -0.39 is 0 Å². The van der Waals surface area contributed by atoms with Crippen LogP contribution in [-0.2, 0) is 24.4 Å². The highest BCUT2D eigenvalue weighted by molar-refractivity contribution is 7.14. The van der Waals surface area contributed by atoms with Gasteiger partial charge in [0.15, 0.2) is 0 Å². The van der Waals surface area contributed by atoms with Gasteiger partial charge in [0.1, 0.15) is 4.88 Å². The minimum atomic E-state index is -0.242. The molecule has 1 aliphatic rings. The summed E-state index contributed by atoms with van der Waals surface area (Å²) in [6, 6.07) is 9.88. The molecule has 3 rings (SSSR count). The summed E-state index contributed by atoms with van der Waals surface area (Å²) in [5.41, 5.74) is 2.49. The smallest absolute Gasteiger partial charge is 0.348 e. The first-order valence-electron chi connectivity index (χ1n) is 6.32. The number of esters is 1. The van der Waals surface area contributed by atoms with E-state index in [0.29, 0.717) is 4.88 Å². The normalized spacial score (nSPS) is 14.3. The molecule has 0 unspecified atom stereocenters. The molecule has 0 atom stereocenters. The molecule has 0 saturated heterocycles. The first-order chi connectivity index (χ1) is 9.65. The summed E-state index contributed by atoms with van der Waals surface area (Å²) in [5.74, 6) is -0.242. The highest BCUT2D eigenvalue weighted by Gasteiger charge is 2.24. The van der Waals surface area contributed by atoms with Crippen LogP contribution in [0.15, 0.2) is 30.3 Å². The van der Waals surface area contributed by atoms with Gasteiger partial charge in [-0.05, 0) is 29.3 Å². The Balaban J connectivity index is 1.67. The third kappa shape index (κ3) is 2.73. The Labute approximate surface area is 126 Å². The summed E-state index contributed by atoms with van der Waals surface area (Å²) < 4.78 is 4.75. The molecular formula is C15H14ClNO2S. The van der Waals surface area contributed by atoms with Gasteiger partial charge in [-0.25, -0.2) is 4.79 Å². The second kappa shape index (κ2) is 5.56. The molecule has 3 nitrogen and oxygen atoms in total. The number of hydrogen-bond acceptors (Lipinski definition) is 4. The van der Waals surface area contributed by atoms with Crippen LogP contribution < -0.4 is 0 Å². The van der Waals surface area contributed by atoms with Crippen molar-refractivity contribution in [2.75, 3.05) is 7.11 Å². The number of hydrogen-bond donors (Lipinski definition) is 0. The summed E-state index contributed by atoms with van der Waals surface area (Å²) in [4.78, 5) is 15.8. The van der Waals surface area contributed by atoms with Crippen molar-refractivity contribution < 1.29 is 9.53 Å². The third-order valence-electron chi connectivity index (χ3n) is 3.36. The Morgan fingerprint density at radius 2 is 2.10 bits per heavy atom. The van der Waals surface area contributed by atoms with E-state index in [0.717, 1.165) is 24.7 Å². The Bertz CT molecular complexity index is 612. The van der Waals surface area contributed by atoms with Crippen molar-refractivity contribution in [1.82, 2.24) is 4.90 Å². The van der Waals surface area contributed by atoms with Crippen molar-refractivity contribution >= 4 is 28.9 Å². The Morgan fingerprint density at radius 1 is 1.35 bits per heavy atom. The van der Waals surface area contributed by atoms with Gasteiger partial charge in [0.25, 0.3) is 0 Å². The van der Waals surface area contributed by atoms with Gasteiger partial charge < -0.3 is 4.74 Å². The van der Waals surface area contributed by atoms with Gasteiger partial charge in [0.05, 0.1) is 7.11 Å². The summed E-state index contributed by atoms with van der Waals surface area (Å²) in [5, 5.41) is 0.761. The van der Waals surface area contributed by atoms with Crippen molar-refractivity contribution in [3.8, 4) is 0 Å². The molecule has 20 heavy (non-hydrogen) atoms. The average molecular weight is 308 g/mol. The van der Waals surface area contributed by atoms with Crippen LogP contribution in [0.2, 0.25) is 5.02 Å². The minimum absolute atomic E-state index is 0.242.